The van der Waals surface area contributed by atoms with Crippen molar-refractivity contribution in [2.75, 3.05) is 19.6 Å². The van der Waals surface area contributed by atoms with Gasteiger partial charge in [-0.2, -0.15) is 5.26 Å². The smallest absolute Gasteiger partial charge is 0.250 e. The van der Waals surface area contributed by atoms with Crippen molar-refractivity contribution < 1.29 is 4.79 Å². The fourth-order valence-corrected chi connectivity index (χ4v) is 4.39. The monoisotopic (exact) mass is 331 g/mol. The van der Waals surface area contributed by atoms with Crippen LogP contribution in [0.2, 0.25) is 0 Å². The highest BCUT2D eigenvalue weighted by Gasteiger charge is 2.37. The highest BCUT2D eigenvalue weighted by molar-refractivity contribution is 5.97. The van der Waals surface area contributed by atoms with Crippen LogP contribution >= 0.6 is 0 Å². The number of hydrogen-bond acceptors (Lipinski definition) is 3. The fraction of sp³-hybridized carbons (Fsp3) is 0.333. The molecule has 25 heavy (non-hydrogen) atoms. The molecule has 0 saturated carbocycles. The van der Waals surface area contributed by atoms with E-state index in [4.69, 9.17) is 5.73 Å². The predicted octanol–water partition coefficient (Wildman–Crippen LogP) is 3.13. The van der Waals surface area contributed by atoms with Gasteiger partial charge in [0.2, 0.25) is 5.91 Å². The summed E-state index contributed by atoms with van der Waals surface area (Å²) < 4.78 is 0. The number of piperidine rings is 3. The van der Waals surface area contributed by atoms with Crippen LogP contribution in [-0.4, -0.2) is 30.4 Å². The third-order valence-corrected chi connectivity index (χ3v) is 5.71. The molecular weight excluding hydrogens is 310 g/mol. The first-order valence-electron chi connectivity index (χ1n) is 8.83. The number of nitriles is 1. The molecule has 0 radical (unpaired) electrons. The largest absolute Gasteiger partial charge is 0.366 e. The standard InChI is InChI=1S/C21H21N3O/c22-12-19-17(20-13-24-8-6-15(20)7-9-24)10-16(11-18(19)21(23)25)14-4-2-1-3-5-14/h1-5,10-11,15,20H,6-9,13H2,(H2,23,25). The molecule has 4 nitrogen and oxygen atoms in total. The van der Waals surface area contributed by atoms with Crippen LogP contribution in [0.3, 0.4) is 0 Å². The molecule has 4 heteroatoms. The summed E-state index contributed by atoms with van der Waals surface area (Å²) in [7, 11) is 0. The maximum Gasteiger partial charge on any atom is 0.250 e. The minimum absolute atomic E-state index is 0.305. The zero-order valence-corrected chi connectivity index (χ0v) is 14.1. The number of nitrogens with two attached hydrogens (primary N) is 1. The van der Waals surface area contributed by atoms with E-state index >= 15 is 0 Å². The van der Waals surface area contributed by atoms with E-state index < -0.39 is 5.91 Å². The highest BCUT2D eigenvalue weighted by Crippen LogP contribution is 2.42. The van der Waals surface area contributed by atoms with Gasteiger partial charge in [0.05, 0.1) is 11.1 Å². The average Bonchev–Trinajstić information content (AvgIpc) is 2.68. The Bertz CT molecular complexity index is 845. The molecule has 3 aliphatic heterocycles. The van der Waals surface area contributed by atoms with Crippen molar-refractivity contribution >= 4 is 5.91 Å². The molecule has 3 saturated heterocycles. The molecule has 3 fully saturated rings. The maximum atomic E-state index is 12.0. The molecule has 0 spiro atoms. The van der Waals surface area contributed by atoms with Gasteiger partial charge in [0, 0.05) is 12.5 Å². The van der Waals surface area contributed by atoms with Gasteiger partial charge in [-0.3, -0.25) is 4.79 Å². The molecule has 3 aliphatic rings. The lowest BCUT2D eigenvalue weighted by atomic mass is 9.73. The van der Waals surface area contributed by atoms with Crippen molar-refractivity contribution in [3.05, 3.63) is 59.2 Å². The number of fused-ring (bicyclic) bond motifs is 3. The van der Waals surface area contributed by atoms with E-state index in [1.54, 1.807) is 6.07 Å². The Balaban J connectivity index is 1.88. The van der Waals surface area contributed by atoms with E-state index in [0.717, 1.165) is 49.2 Å². The molecule has 3 heterocycles. The van der Waals surface area contributed by atoms with Gasteiger partial charge in [-0.25, -0.2) is 0 Å². The van der Waals surface area contributed by atoms with Gasteiger partial charge in [0.1, 0.15) is 6.07 Å². The lowest BCUT2D eigenvalue weighted by Gasteiger charge is -2.45. The average molecular weight is 331 g/mol. The second-order valence-electron chi connectivity index (χ2n) is 7.07. The normalized spacial score (nSPS) is 24.7. The summed E-state index contributed by atoms with van der Waals surface area (Å²) in [5.74, 6) is 0.361. The number of primary amides is 1. The summed E-state index contributed by atoms with van der Waals surface area (Å²) >= 11 is 0. The van der Waals surface area contributed by atoms with Crippen molar-refractivity contribution in [3.8, 4) is 17.2 Å². The first-order valence-corrected chi connectivity index (χ1v) is 8.83. The summed E-state index contributed by atoms with van der Waals surface area (Å²) in [5, 5.41) is 9.74. The Morgan fingerprint density at radius 3 is 2.40 bits per heavy atom. The zero-order valence-electron chi connectivity index (χ0n) is 14.1. The van der Waals surface area contributed by atoms with Crippen molar-refractivity contribution in [2.45, 2.75) is 18.8 Å². The Kier molecular flexibility index (Phi) is 4.03. The number of amides is 1. The van der Waals surface area contributed by atoms with Crippen LogP contribution in [0.5, 0.6) is 0 Å². The predicted molar refractivity (Wildman–Crippen MR) is 97.0 cm³/mol. The third kappa shape index (κ3) is 2.81. The topological polar surface area (TPSA) is 70.1 Å². The van der Waals surface area contributed by atoms with Gasteiger partial charge in [0.25, 0.3) is 0 Å². The molecule has 1 amide bonds. The SMILES string of the molecule is N#Cc1c(C(N)=O)cc(-c2ccccc2)cc1C1CN2CCC1CC2. The van der Waals surface area contributed by atoms with Crippen LogP contribution in [0.25, 0.3) is 11.1 Å². The summed E-state index contributed by atoms with van der Waals surface area (Å²) in [6.45, 7) is 3.25. The zero-order chi connectivity index (χ0) is 17.4. The van der Waals surface area contributed by atoms with Crippen molar-refractivity contribution in [1.29, 1.82) is 5.26 Å². The summed E-state index contributed by atoms with van der Waals surface area (Å²) in [6, 6.07) is 16.1. The Morgan fingerprint density at radius 2 is 1.84 bits per heavy atom. The number of benzene rings is 2. The van der Waals surface area contributed by atoms with Crippen LogP contribution in [0, 0.1) is 17.2 Å². The first-order chi connectivity index (χ1) is 12.2. The van der Waals surface area contributed by atoms with Gasteiger partial charge >= 0.3 is 0 Å². The van der Waals surface area contributed by atoms with E-state index in [1.165, 1.54) is 0 Å². The second kappa shape index (κ2) is 6.34. The van der Waals surface area contributed by atoms with Crippen molar-refractivity contribution in [2.24, 2.45) is 11.7 Å². The van der Waals surface area contributed by atoms with E-state index in [2.05, 4.69) is 17.0 Å². The Hall–Kier alpha value is -2.64. The first kappa shape index (κ1) is 15.9. The summed E-state index contributed by atoms with van der Waals surface area (Å²) in [4.78, 5) is 14.5. The van der Waals surface area contributed by atoms with Crippen molar-refractivity contribution in [1.82, 2.24) is 4.90 Å². The van der Waals surface area contributed by atoms with Crippen LogP contribution in [0.15, 0.2) is 42.5 Å². The van der Waals surface area contributed by atoms with Gasteiger partial charge < -0.3 is 10.6 Å². The van der Waals surface area contributed by atoms with Gasteiger partial charge in [0.15, 0.2) is 0 Å². The van der Waals surface area contributed by atoms with Crippen LogP contribution in [-0.2, 0) is 0 Å². The van der Waals surface area contributed by atoms with E-state index in [9.17, 15) is 10.1 Å². The number of carbonyl (C=O) groups excluding carboxylic acids is 1. The summed E-state index contributed by atoms with van der Waals surface area (Å²) in [5.41, 5.74) is 9.41. The second-order valence-corrected chi connectivity index (χ2v) is 7.07. The molecule has 1 atom stereocenters. The molecule has 2 aromatic carbocycles. The molecule has 2 N–H and O–H groups in total. The van der Waals surface area contributed by atoms with Gasteiger partial charge in [-0.1, -0.05) is 30.3 Å². The molecular formula is C21H21N3O. The minimum atomic E-state index is -0.531. The number of carbonyl (C=O) groups is 1. The molecule has 0 aliphatic carbocycles. The molecule has 126 valence electrons. The lowest BCUT2D eigenvalue weighted by molar-refractivity contribution is 0.0868. The third-order valence-electron chi connectivity index (χ3n) is 5.71. The fourth-order valence-electron chi connectivity index (χ4n) is 4.39. The molecule has 0 aromatic heterocycles. The minimum Gasteiger partial charge on any atom is -0.366 e. The summed E-state index contributed by atoms with van der Waals surface area (Å²) in [6.07, 6.45) is 2.33. The molecule has 2 aromatic rings. The van der Waals surface area contributed by atoms with E-state index in [0.29, 0.717) is 23.0 Å². The van der Waals surface area contributed by atoms with Gasteiger partial charge in [-0.15, -0.1) is 0 Å². The van der Waals surface area contributed by atoms with Crippen LogP contribution in [0.1, 0.15) is 40.2 Å². The van der Waals surface area contributed by atoms with Crippen LogP contribution in [0.4, 0.5) is 0 Å². The lowest BCUT2D eigenvalue weighted by Crippen LogP contribution is -2.46. The van der Waals surface area contributed by atoms with E-state index in [1.807, 2.05) is 30.3 Å². The molecule has 2 bridgehead atoms. The van der Waals surface area contributed by atoms with Gasteiger partial charge in [-0.05, 0) is 60.7 Å². The molecule has 5 rings (SSSR count). The number of rotatable bonds is 3. The quantitative estimate of drug-likeness (QED) is 0.939. The van der Waals surface area contributed by atoms with Crippen molar-refractivity contribution in [3.63, 3.8) is 0 Å². The van der Waals surface area contributed by atoms with E-state index in [-0.39, 0.29) is 0 Å². The maximum absolute atomic E-state index is 12.0. The Morgan fingerprint density at radius 1 is 1.12 bits per heavy atom. The Labute approximate surface area is 147 Å². The molecule has 1 unspecified atom stereocenters. The number of nitrogens with zero attached hydrogens (tertiary/aromatic N) is 2. The van der Waals surface area contributed by atoms with Crippen LogP contribution < -0.4 is 5.73 Å². The highest BCUT2D eigenvalue weighted by atomic mass is 16.1. The number of hydrogen-bond donors (Lipinski definition) is 1.